The number of halogens is 3. The molecule has 0 saturated heterocycles. The van der Waals surface area contributed by atoms with Crippen molar-refractivity contribution in [1.29, 1.82) is 0 Å². The van der Waals surface area contributed by atoms with Crippen LogP contribution in [0.4, 0.5) is 8.78 Å². The van der Waals surface area contributed by atoms with Gasteiger partial charge in [-0.1, -0.05) is 24.1 Å². The summed E-state index contributed by atoms with van der Waals surface area (Å²) in [6, 6.07) is 9.97. The Labute approximate surface area is 155 Å². The summed E-state index contributed by atoms with van der Waals surface area (Å²) < 4.78 is 27.9. The topological polar surface area (TPSA) is 20.3 Å². The second-order valence-corrected chi connectivity index (χ2v) is 7.01. The molecule has 0 aromatic heterocycles. The van der Waals surface area contributed by atoms with Crippen molar-refractivity contribution in [2.75, 3.05) is 0 Å². The van der Waals surface area contributed by atoms with E-state index in [0.29, 0.717) is 12.1 Å². The van der Waals surface area contributed by atoms with E-state index in [0.717, 1.165) is 23.8 Å². The molecule has 1 heterocycles. The second-order valence-electron chi connectivity index (χ2n) is 5.33. The van der Waals surface area contributed by atoms with E-state index in [1.54, 1.807) is 17.0 Å². The van der Waals surface area contributed by atoms with E-state index < -0.39 is 17.7 Å². The van der Waals surface area contributed by atoms with Crippen LogP contribution in [0.5, 0.6) is 0 Å². The molecule has 1 aliphatic rings. The molecule has 122 valence electrons. The van der Waals surface area contributed by atoms with Crippen LogP contribution >= 0.6 is 30.1 Å². The molecule has 1 amide bonds. The van der Waals surface area contributed by atoms with Gasteiger partial charge in [0.25, 0.3) is 5.91 Å². The lowest BCUT2D eigenvalue weighted by atomic mass is 10.0. The highest BCUT2D eigenvalue weighted by Gasteiger charge is 2.34. The summed E-state index contributed by atoms with van der Waals surface area (Å²) in [6.45, 7) is 0.370. The van der Waals surface area contributed by atoms with E-state index in [-0.39, 0.29) is 17.9 Å². The van der Waals surface area contributed by atoms with Gasteiger partial charge in [0.1, 0.15) is 11.6 Å². The van der Waals surface area contributed by atoms with Gasteiger partial charge in [-0.2, -0.15) is 0 Å². The highest BCUT2D eigenvalue weighted by atomic mass is 127. The van der Waals surface area contributed by atoms with E-state index in [2.05, 4.69) is 11.2 Å². The van der Waals surface area contributed by atoms with Gasteiger partial charge in [0, 0.05) is 45.3 Å². The minimum absolute atomic E-state index is 0.156. The number of hydrogen-bond acceptors (Lipinski definition) is 2. The molecule has 2 aromatic carbocycles. The van der Waals surface area contributed by atoms with Crippen LogP contribution in [-0.2, 0) is 6.54 Å². The lowest BCUT2D eigenvalue weighted by Gasteiger charge is -2.27. The van der Waals surface area contributed by atoms with Gasteiger partial charge in [-0.05, 0) is 44.0 Å². The van der Waals surface area contributed by atoms with Crippen molar-refractivity contribution in [2.24, 2.45) is 0 Å². The van der Waals surface area contributed by atoms with Gasteiger partial charge in [-0.15, -0.1) is 0 Å². The van der Waals surface area contributed by atoms with Crippen molar-refractivity contribution < 1.29 is 13.6 Å². The van der Waals surface area contributed by atoms with Gasteiger partial charge < -0.3 is 4.90 Å². The maximum atomic E-state index is 14.3. The first-order valence-corrected chi connectivity index (χ1v) is 10.6. The zero-order valence-electron chi connectivity index (χ0n) is 12.4. The van der Waals surface area contributed by atoms with Crippen molar-refractivity contribution in [1.82, 2.24) is 4.90 Å². The van der Waals surface area contributed by atoms with E-state index >= 15 is 0 Å². The van der Waals surface area contributed by atoms with E-state index in [4.69, 9.17) is 0 Å². The molecule has 24 heavy (non-hydrogen) atoms. The van der Waals surface area contributed by atoms with Crippen molar-refractivity contribution in [3.63, 3.8) is 0 Å². The Morgan fingerprint density at radius 3 is 2.79 bits per heavy atom. The molecule has 0 spiro atoms. The van der Waals surface area contributed by atoms with Gasteiger partial charge in [0.2, 0.25) is 0 Å². The number of carbonyl (C=O) groups excluding carboxylic acids is 1. The predicted molar refractivity (Wildman–Crippen MR) is 99.4 cm³/mol. The first kappa shape index (κ1) is 17.2. The SMILES string of the molecule is O=C1c2ccccc2CN1C(CC#CSI)c1cc(F)ccc1F. The molecule has 0 fully saturated rings. The van der Waals surface area contributed by atoms with Crippen molar-refractivity contribution in [2.45, 2.75) is 19.0 Å². The maximum Gasteiger partial charge on any atom is 0.255 e. The summed E-state index contributed by atoms with van der Waals surface area (Å²) in [7, 11) is 1.31. The second kappa shape index (κ2) is 7.53. The third kappa shape index (κ3) is 3.42. The number of rotatable bonds is 3. The molecule has 2 nitrogen and oxygen atoms in total. The van der Waals surface area contributed by atoms with E-state index in [9.17, 15) is 13.6 Å². The fourth-order valence-corrected chi connectivity index (χ4v) is 3.46. The summed E-state index contributed by atoms with van der Waals surface area (Å²) >= 11 is 2.04. The first-order valence-electron chi connectivity index (χ1n) is 7.21. The average Bonchev–Trinajstić information content (AvgIpc) is 2.91. The highest BCUT2D eigenvalue weighted by Crippen LogP contribution is 2.34. The summed E-state index contributed by atoms with van der Waals surface area (Å²) in [5, 5.41) is 2.84. The molecule has 0 radical (unpaired) electrons. The van der Waals surface area contributed by atoms with Crippen LogP contribution in [0, 0.1) is 22.8 Å². The van der Waals surface area contributed by atoms with Crippen LogP contribution < -0.4 is 0 Å². The van der Waals surface area contributed by atoms with Crippen LogP contribution in [0.1, 0.15) is 33.9 Å². The Morgan fingerprint density at radius 2 is 2.04 bits per heavy atom. The third-order valence-corrected chi connectivity index (χ3v) is 4.83. The predicted octanol–water partition coefficient (Wildman–Crippen LogP) is 5.10. The molecule has 0 aliphatic carbocycles. The third-order valence-electron chi connectivity index (χ3n) is 3.95. The minimum atomic E-state index is -0.628. The molecular formula is C18H12F2INOS. The van der Waals surface area contributed by atoms with Crippen molar-refractivity contribution in [3.8, 4) is 11.2 Å². The zero-order chi connectivity index (χ0) is 17.1. The summed E-state index contributed by atoms with van der Waals surface area (Å²) in [6.07, 6.45) is 0.246. The molecule has 1 atom stereocenters. The Bertz CT molecular complexity index is 846. The highest BCUT2D eigenvalue weighted by molar-refractivity contribution is 14.2. The van der Waals surface area contributed by atoms with Gasteiger partial charge in [0.05, 0.1) is 6.04 Å². The number of nitrogens with zero attached hydrogens (tertiary/aromatic N) is 1. The normalized spacial score (nSPS) is 14.1. The van der Waals surface area contributed by atoms with Crippen molar-refractivity contribution in [3.05, 3.63) is 70.8 Å². The zero-order valence-corrected chi connectivity index (χ0v) is 15.4. The Balaban J connectivity index is 2.00. The van der Waals surface area contributed by atoms with Crippen LogP contribution in [0.3, 0.4) is 0 Å². The smallest absolute Gasteiger partial charge is 0.255 e. The number of benzene rings is 2. The average molecular weight is 455 g/mol. The summed E-state index contributed by atoms with van der Waals surface area (Å²) in [5.41, 5.74) is 1.65. The van der Waals surface area contributed by atoms with E-state index in [1.165, 1.54) is 8.93 Å². The van der Waals surface area contributed by atoms with Crippen molar-refractivity contribution >= 4 is 36.0 Å². The standard InChI is InChI=1S/C18H12F2INOS/c19-13-7-8-16(20)15(10-13)17(6-3-9-24-21)22-11-12-4-1-2-5-14(12)18(22)23/h1-2,4-5,7-8,10,17H,6,11H2. The number of fused-ring (bicyclic) bond motifs is 1. The van der Waals surface area contributed by atoms with Crippen LogP contribution in [0.25, 0.3) is 0 Å². The van der Waals surface area contributed by atoms with Gasteiger partial charge >= 0.3 is 0 Å². The largest absolute Gasteiger partial charge is 0.326 e. The number of hydrogen-bond donors (Lipinski definition) is 0. The Kier molecular flexibility index (Phi) is 5.41. The van der Waals surface area contributed by atoms with Gasteiger partial charge in [-0.25, -0.2) is 8.78 Å². The minimum Gasteiger partial charge on any atom is -0.326 e. The maximum absolute atomic E-state index is 14.3. The van der Waals surface area contributed by atoms with Crippen LogP contribution in [0.2, 0.25) is 0 Å². The fraction of sp³-hybridized carbons (Fsp3) is 0.167. The summed E-state index contributed by atoms with van der Waals surface area (Å²) in [5.74, 6) is 1.69. The monoisotopic (exact) mass is 455 g/mol. The van der Waals surface area contributed by atoms with Gasteiger partial charge in [-0.3, -0.25) is 4.79 Å². The quantitative estimate of drug-likeness (QED) is 0.475. The van der Waals surface area contributed by atoms with Gasteiger partial charge in [0.15, 0.2) is 0 Å². The number of carbonyl (C=O) groups is 1. The summed E-state index contributed by atoms with van der Waals surface area (Å²) in [4.78, 5) is 14.3. The Hall–Kier alpha value is -1.59. The molecule has 3 rings (SSSR count). The Morgan fingerprint density at radius 1 is 1.25 bits per heavy atom. The van der Waals surface area contributed by atoms with Crippen LogP contribution in [0.15, 0.2) is 42.5 Å². The van der Waals surface area contributed by atoms with Crippen LogP contribution in [-0.4, -0.2) is 10.8 Å². The lowest BCUT2D eigenvalue weighted by Crippen LogP contribution is -2.29. The number of amides is 1. The molecule has 0 bridgehead atoms. The fourth-order valence-electron chi connectivity index (χ4n) is 2.85. The molecule has 0 saturated carbocycles. The first-order chi connectivity index (χ1) is 11.6. The molecule has 2 aromatic rings. The molecule has 0 N–H and O–H groups in total. The molecule has 6 heteroatoms. The lowest BCUT2D eigenvalue weighted by molar-refractivity contribution is 0.0701. The molecular weight excluding hydrogens is 443 g/mol. The molecule has 1 aliphatic heterocycles. The van der Waals surface area contributed by atoms with E-state index in [1.807, 2.05) is 33.3 Å². The molecule has 1 unspecified atom stereocenters.